The summed E-state index contributed by atoms with van der Waals surface area (Å²) in [5.41, 5.74) is 4.43. The minimum Gasteiger partial charge on any atom is -0.371 e. The van der Waals surface area contributed by atoms with Gasteiger partial charge in [0.05, 0.1) is 0 Å². The van der Waals surface area contributed by atoms with Gasteiger partial charge in [0, 0.05) is 24.1 Å². The lowest BCUT2D eigenvalue weighted by Crippen LogP contribution is -2.31. The minimum atomic E-state index is 0.820. The molecule has 2 rings (SSSR count). The van der Waals surface area contributed by atoms with Crippen LogP contribution in [0.1, 0.15) is 37.3 Å². The molecule has 0 aliphatic carbocycles. The molecule has 0 spiro atoms. The van der Waals surface area contributed by atoms with Crippen molar-refractivity contribution in [2.75, 3.05) is 23.3 Å². The van der Waals surface area contributed by atoms with Gasteiger partial charge in [-0.3, -0.25) is 0 Å². The molecule has 1 aromatic rings. The van der Waals surface area contributed by atoms with E-state index >= 15 is 0 Å². The van der Waals surface area contributed by atoms with E-state index in [1.165, 1.54) is 50.0 Å². The number of nitrogens with zero attached hydrogens (tertiary/aromatic N) is 1. The van der Waals surface area contributed by atoms with Crippen molar-refractivity contribution in [3.63, 3.8) is 0 Å². The van der Waals surface area contributed by atoms with Gasteiger partial charge in [0.2, 0.25) is 0 Å². The third kappa shape index (κ3) is 3.50. The van der Waals surface area contributed by atoms with Crippen molar-refractivity contribution in [3.05, 3.63) is 29.3 Å². The second-order valence-corrected chi connectivity index (χ2v) is 6.39. The Bertz CT molecular complexity index is 389. The smallest absolute Gasteiger partial charge is 0.0398 e. The van der Waals surface area contributed by atoms with E-state index in [9.17, 15) is 0 Å². The van der Waals surface area contributed by atoms with Gasteiger partial charge in [-0.25, -0.2) is 0 Å². The van der Waals surface area contributed by atoms with Crippen molar-refractivity contribution in [2.24, 2.45) is 5.92 Å². The fourth-order valence-corrected chi connectivity index (χ4v) is 3.52. The molecule has 0 N–H and O–H groups in total. The maximum Gasteiger partial charge on any atom is 0.0398 e. The standard InChI is InChI=1S/C16H24BrN/c1-13(7-9-17)8-11-18-10-3-4-15-12-14(2)5-6-16(15)18/h5-6,12-13H,3-4,7-11H2,1-2H3. The lowest BCUT2D eigenvalue weighted by atomic mass is 9.98. The molecule has 1 aromatic carbocycles. The molecular weight excluding hydrogens is 286 g/mol. The highest BCUT2D eigenvalue weighted by Gasteiger charge is 2.16. The van der Waals surface area contributed by atoms with Crippen LogP contribution in [-0.4, -0.2) is 18.4 Å². The Morgan fingerprint density at radius 2 is 2.17 bits per heavy atom. The molecule has 1 unspecified atom stereocenters. The normalized spacial score (nSPS) is 16.5. The summed E-state index contributed by atoms with van der Waals surface area (Å²) in [6, 6.07) is 6.93. The van der Waals surface area contributed by atoms with E-state index in [-0.39, 0.29) is 0 Å². The lowest BCUT2D eigenvalue weighted by Gasteiger charge is -2.32. The molecule has 100 valence electrons. The Labute approximate surface area is 120 Å². The van der Waals surface area contributed by atoms with Gasteiger partial charge >= 0.3 is 0 Å². The summed E-state index contributed by atoms with van der Waals surface area (Å²) in [5.74, 6) is 0.820. The molecule has 1 aliphatic heterocycles. The van der Waals surface area contributed by atoms with Crippen LogP contribution in [0.4, 0.5) is 5.69 Å². The number of benzene rings is 1. The number of hydrogen-bond acceptors (Lipinski definition) is 1. The van der Waals surface area contributed by atoms with Crippen LogP contribution in [0, 0.1) is 12.8 Å². The molecule has 0 amide bonds. The number of hydrogen-bond donors (Lipinski definition) is 0. The van der Waals surface area contributed by atoms with E-state index in [1.807, 2.05) is 0 Å². The SMILES string of the molecule is Cc1ccc2c(c1)CCCN2CCC(C)CCBr. The fourth-order valence-electron chi connectivity index (χ4n) is 2.74. The zero-order chi connectivity index (χ0) is 13.0. The predicted molar refractivity (Wildman–Crippen MR) is 83.9 cm³/mol. The molecular formula is C16H24BrN. The second kappa shape index (κ2) is 6.60. The van der Waals surface area contributed by atoms with Gasteiger partial charge in [-0.1, -0.05) is 40.5 Å². The van der Waals surface area contributed by atoms with Crippen LogP contribution in [0.25, 0.3) is 0 Å². The van der Waals surface area contributed by atoms with Gasteiger partial charge in [0.15, 0.2) is 0 Å². The molecule has 0 fully saturated rings. The van der Waals surface area contributed by atoms with Crippen LogP contribution < -0.4 is 4.90 Å². The maximum absolute atomic E-state index is 3.54. The average Bonchev–Trinajstić information content (AvgIpc) is 2.36. The molecule has 0 aromatic heterocycles. The molecule has 1 nitrogen and oxygen atoms in total. The first kappa shape index (κ1) is 13.9. The molecule has 0 saturated heterocycles. The van der Waals surface area contributed by atoms with Crippen LogP contribution in [0.15, 0.2) is 18.2 Å². The van der Waals surface area contributed by atoms with E-state index in [0.29, 0.717) is 0 Å². The Morgan fingerprint density at radius 1 is 1.33 bits per heavy atom. The summed E-state index contributed by atoms with van der Waals surface area (Å²) in [4.78, 5) is 2.59. The third-order valence-corrected chi connectivity index (χ3v) is 4.40. The highest BCUT2D eigenvalue weighted by Crippen LogP contribution is 2.28. The summed E-state index contributed by atoms with van der Waals surface area (Å²) in [7, 11) is 0. The molecule has 1 heterocycles. The topological polar surface area (TPSA) is 3.24 Å². The first-order valence-electron chi connectivity index (χ1n) is 7.11. The van der Waals surface area contributed by atoms with Crippen molar-refractivity contribution in [1.29, 1.82) is 0 Å². The molecule has 1 atom stereocenters. The average molecular weight is 310 g/mol. The lowest BCUT2D eigenvalue weighted by molar-refractivity contribution is 0.509. The zero-order valence-electron chi connectivity index (χ0n) is 11.6. The van der Waals surface area contributed by atoms with E-state index < -0.39 is 0 Å². The van der Waals surface area contributed by atoms with Gasteiger partial charge in [0.25, 0.3) is 0 Å². The highest BCUT2D eigenvalue weighted by atomic mass is 79.9. The van der Waals surface area contributed by atoms with Gasteiger partial charge in [-0.2, -0.15) is 0 Å². The first-order valence-corrected chi connectivity index (χ1v) is 8.23. The Kier molecular flexibility index (Phi) is 5.11. The minimum absolute atomic E-state index is 0.820. The van der Waals surface area contributed by atoms with Crippen LogP contribution >= 0.6 is 15.9 Å². The number of fused-ring (bicyclic) bond motifs is 1. The van der Waals surface area contributed by atoms with Crippen LogP contribution in [0.3, 0.4) is 0 Å². The van der Waals surface area contributed by atoms with E-state index in [4.69, 9.17) is 0 Å². The summed E-state index contributed by atoms with van der Waals surface area (Å²) in [6.45, 7) is 7.00. The second-order valence-electron chi connectivity index (χ2n) is 5.59. The molecule has 0 bridgehead atoms. The zero-order valence-corrected chi connectivity index (χ0v) is 13.2. The monoisotopic (exact) mass is 309 g/mol. The van der Waals surface area contributed by atoms with E-state index in [2.05, 4.69) is 52.9 Å². The predicted octanol–water partition coefficient (Wildman–Crippen LogP) is 4.56. The highest BCUT2D eigenvalue weighted by molar-refractivity contribution is 9.09. The Balaban J connectivity index is 1.99. The third-order valence-electron chi connectivity index (χ3n) is 3.94. The van der Waals surface area contributed by atoms with Crippen molar-refractivity contribution in [2.45, 2.75) is 39.5 Å². The summed E-state index contributed by atoms with van der Waals surface area (Å²) < 4.78 is 0. The summed E-state index contributed by atoms with van der Waals surface area (Å²) >= 11 is 3.54. The van der Waals surface area contributed by atoms with Gasteiger partial charge in [-0.15, -0.1) is 0 Å². The largest absolute Gasteiger partial charge is 0.371 e. The van der Waals surface area contributed by atoms with Crippen molar-refractivity contribution in [1.82, 2.24) is 0 Å². The van der Waals surface area contributed by atoms with E-state index in [1.54, 1.807) is 5.56 Å². The molecule has 18 heavy (non-hydrogen) atoms. The number of anilines is 1. The first-order chi connectivity index (χ1) is 8.70. The number of aryl methyl sites for hydroxylation is 2. The van der Waals surface area contributed by atoms with Crippen LogP contribution in [-0.2, 0) is 6.42 Å². The Hall–Kier alpha value is -0.500. The number of halogens is 1. The van der Waals surface area contributed by atoms with Crippen LogP contribution in [0.5, 0.6) is 0 Å². The quantitative estimate of drug-likeness (QED) is 0.721. The molecule has 0 saturated carbocycles. The molecule has 1 aliphatic rings. The maximum atomic E-state index is 3.54. The Morgan fingerprint density at radius 3 is 2.94 bits per heavy atom. The van der Waals surface area contributed by atoms with Gasteiger partial charge < -0.3 is 4.90 Å². The summed E-state index contributed by atoms with van der Waals surface area (Å²) in [5, 5.41) is 1.13. The molecule has 2 heteroatoms. The fraction of sp³-hybridized carbons (Fsp3) is 0.625. The summed E-state index contributed by atoms with van der Waals surface area (Å²) in [6.07, 6.45) is 5.15. The van der Waals surface area contributed by atoms with Crippen molar-refractivity contribution < 1.29 is 0 Å². The van der Waals surface area contributed by atoms with Gasteiger partial charge in [-0.05, 0) is 50.2 Å². The number of alkyl halides is 1. The van der Waals surface area contributed by atoms with Crippen LogP contribution in [0.2, 0.25) is 0 Å². The van der Waals surface area contributed by atoms with E-state index in [0.717, 1.165) is 11.2 Å². The molecule has 0 radical (unpaired) electrons. The van der Waals surface area contributed by atoms with Gasteiger partial charge in [0.1, 0.15) is 0 Å². The number of rotatable bonds is 5. The van der Waals surface area contributed by atoms with Crippen molar-refractivity contribution in [3.8, 4) is 0 Å². The van der Waals surface area contributed by atoms with Crippen molar-refractivity contribution >= 4 is 21.6 Å².